The third kappa shape index (κ3) is 6.24. The van der Waals surface area contributed by atoms with Crippen molar-refractivity contribution in [2.75, 3.05) is 27.4 Å². The summed E-state index contributed by atoms with van der Waals surface area (Å²) < 4.78 is 34.7. The van der Waals surface area contributed by atoms with Gasteiger partial charge in [0.15, 0.2) is 0 Å². The molecule has 0 aromatic heterocycles. The van der Waals surface area contributed by atoms with Gasteiger partial charge in [0.1, 0.15) is 0 Å². The van der Waals surface area contributed by atoms with Crippen LogP contribution in [0.3, 0.4) is 0 Å². The van der Waals surface area contributed by atoms with Crippen molar-refractivity contribution in [3.63, 3.8) is 0 Å². The smallest absolute Gasteiger partial charge is 0.373 e. The molecule has 2 aromatic carbocycles. The average Bonchev–Trinajstić information content (AvgIpc) is 3.01. The Morgan fingerprint density at radius 1 is 0.625 bits per heavy atom. The largest absolute Gasteiger partial charge is 0.460 e. The molecule has 6 heterocycles. The zero-order valence-electron chi connectivity index (χ0n) is 22.9. The summed E-state index contributed by atoms with van der Waals surface area (Å²) in [5.74, 6) is -1.20. The molecule has 8 heteroatoms. The van der Waals surface area contributed by atoms with Gasteiger partial charge in [0, 0.05) is 37.9 Å². The van der Waals surface area contributed by atoms with Crippen molar-refractivity contribution in [3.8, 4) is 0 Å². The van der Waals surface area contributed by atoms with Gasteiger partial charge in [-0.05, 0) is 49.0 Å². The van der Waals surface area contributed by atoms with Gasteiger partial charge in [-0.1, -0.05) is 60.7 Å². The van der Waals surface area contributed by atoms with Crippen molar-refractivity contribution in [2.24, 2.45) is 11.8 Å². The number of hydrogen-bond donors (Lipinski definition) is 0. The summed E-state index contributed by atoms with van der Waals surface area (Å²) in [4.78, 5) is 26.2. The van der Waals surface area contributed by atoms with Crippen LogP contribution in [0.2, 0.25) is 0 Å². The Hall–Kier alpha value is -3.62. The molecule has 6 atom stereocenters. The van der Waals surface area contributed by atoms with Crippen LogP contribution in [-0.2, 0) is 38.0 Å². The van der Waals surface area contributed by atoms with Gasteiger partial charge in [-0.25, -0.2) is 9.59 Å². The van der Waals surface area contributed by atoms with Gasteiger partial charge in [-0.2, -0.15) is 0 Å². The van der Waals surface area contributed by atoms with Crippen molar-refractivity contribution in [2.45, 2.75) is 50.1 Å². The Labute approximate surface area is 234 Å². The van der Waals surface area contributed by atoms with Crippen LogP contribution in [-0.4, -0.2) is 52.0 Å². The lowest BCUT2D eigenvalue weighted by atomic mass is 9.80. The number of methoxy groups -OCH3 is 2. The van der Waals surface area contributed by atoms with Crippen molar-refractivity contribution in [1.29, 1.82) is 0 Å². The first-order valence-electron chi connectivity index (χ1n) is 13.9. The number of hydrogen-bond acceptors (Lipinski definition) is 8. The molecule has 1 saturated heterocycles. The lowest BCUT2D eigenvalue weighted by Gasteiger charge is -2.37. The fourth-order valence-corrected chi connectivity index (χ4v) is 5.87. The molecule has 6 aliphatic rings. The highest BCUT2D eigenvalue weighted by Crippen LogP contribution is 2.41. The molecule has 0 radical (unpaired) electrons. The van der Waals surface area contributed by atoms with E-state index in [2.05, 4.69) is 0 Å². The van der Waals surface area contributed by atoms with Crippen LogP contribution in [0.5, 0.6) is 0 Å². The summed E-state index contributed by atoms with van der Waals surface area (Å²) in [5.41, 5.74) is 2.09. The SMILES string of the molecule is CO[C@H]1OC2=C[C@H](c3ccccc3)C1CCCOC(=O)C1=C[C@@H](c3ccccc3)C(CCCOC2=O)[C@H](OC)O1. The third-order valence-electron chi connectivity index (χ3n) is 7.84. The first kappa shape index (κ1) is 27.9. The zero-order chi connectivity index (χ0) is 27.9. The molecule has 0 amide bonds. The molecular weight excluding hydrogens is 512 g/mol. The van der Waals surface area contributed by atoms with Gasteiger partial charge >= 0.3 is 11.9 Å². The number of esters is 2. The maximum atomic E-state index is 13.1. The van der Waals surface area contributed by atoms with Crippen LogP contribution >= 0.6 is 0 Å². The predicted octanol–water partition coefficient (Wildman–Crippen LogP) is 5.22. The molecule has 0 N–H and O–H groups in total. The van der Waals surface area contributed by atoms with Gasteiger partial charge in [0.25, 0.3) is 0 Å². The molecule has 2 unspecified atom stereocenters. The summed E-state index contributed by atoms with van der Waals surface area (Å²) in [7, 11) is 3.13. The van der Waals surface area contributed by atoms with Crippen LogP contribution in [0.15, 0.2) is 84.3 Å². The van der Waals surface area contributed by atoms with Gasteiger partial charge in [-0.15, -0.1) is 0 Å². The van der Waals surface area contributed by atoms with E-state index >= 15 is 0 Å². The maximum absolute atomic E-state index is 13.1. The second kappa shape index (κ2) is 13.2. The molecule has 212 valence electrons. The fraction of sp³-hybridized carbons (Fsp3) is 0.438. The Kier molecular flexibility index (Phi) is 9.19. The van der Waals surface area contributed by atoms with Crippen molar-refractivity contribution >= 4 is 11.9 Å². The Bertz CT molecular complexity index is 1110. The molecule has 1 fully saturated rings. The minimum atomic E-state index is -0.650. The van der Waals surface area contributed by atoms with Gasteiger partial charge in [0.05, 0.1) is 13.2 Å². The number of allylic oxidation sites excluding steroid dienone is 2. The monoisotopic (exact) mass is 548 g/mol. The van der Waals surface area contributed by atoms with E-state index in [1.54, 1.807) is 14.2 Å². The van der Waals surface area contributed by atoms with E-state index in [1.165, 1.54) is 0 Å². The molecular formula is C32H36O8. The zero-order valence-corrected chi connectivity index (χ0v) is 22.9. The topological polar surface area (TPSA) is 89.5 Å². The lowest BCUT2D eigenvalue weighted by Crippen LogP contribution is -2.37. The van der Waals surface area contributed by atoms with E-state index in [-0.39, 0.29) is 48.4 Å². The minimum absolute atomic E-state index is 0.104. The molecule has 8 rings (SSSR count). The summed E-state index contributed by atoms with van der Waals surface area (Å²) in [6, 6.07) is 19.9. The summed E-state index contributed by atoms with van der Waals surface area (Å²) in [6.45, 7) is 0.396. The van der Waals surface area contributed by atoms with Crippen molar-refractivity contribution < 1.29 is 38.0 Å². The molecule has 2 aromatic rings. The standard InChI is InChI=1S/C32H36O8/c1-35-31-23-15-9-17-38-30(34)28-20-26(22-13-7-4-8-14-22)24(32(36-2)40-28)16-10-18-37-29(33)27(39-31)19-25(23)21-11-5-3-6-12-21/h3-8,11-14,19-20,23-26,31-32H,9-10,15-18H2,1-2H3/t23?,24?,25-,26+,31+,32-. The Morgan fingerprint density at radius 2 is 1.02 bits per heavy atom. The van der Waals surface area contributed by atoms with E-state index < -0.39 is 24.5 Å². The number of ether oxygens (including phenoxy) is 6. The second-order valence-corrected chi connectivity index (χ2v) is 10.3. The van der Waals surface area contributed by atoms with Crippen LogP contribution in [0.25, 0.3) is 0 Å². The number of carbonyl (C=O) groups is 2. The lowest BCUT2D eigenvalue weighted by molar-refractivity contribution is -0.173. The summed E-state index contributed by atoms with van der Waals surface area (Å²) in [5, 5.41) is 0. The normalized spacial score (nSPS) is 29.6. The molecule has 40 heavy (non-hydrogen) atoms. The molecule has 0 saturated carbocycles. The van der Waals surface area contributed by atoms with E-state index in [9.17, 15) is 9.59 Å². The quantitative estimate of drug-likeness (QED) is 0.481. The Balaban J connectivity index is 1.43. The van der Waals surface area contributed by atoms with Crippen LogP contribution in [0.4, 0.5) is 0 Å². The van der Waals surface area contributed by atoms with E-state index in [1.807, 2.05) is 72.8 Å². The third-order valence-corrected chi connectivity index (χ3v) is 7.84. The number of carbonyl (C=O) groups excluding carboxylic acids is 2. The number of benzene rings is 2. The van der Waals surface area contributed by atoms with Crippen molar-refractivity contribution in [3.05, 3.63) is 95.5 Å². The highest BCUT2D eigenvalue weighted by Gasteiger charge is 2.40. The summed E-state index contributed by atoms with van der Waals surface area (Å²) in [6.07, 6.45) is 4.79. The van der Waals surface area contributed by atoms with Crippen LogP contribution in [0, 0.1) is 11.8 Å². The van der Waals surface area contributed by atoms with E-state index in [0.717, 1.165) is 11.1 Å². The molecule has 0 aliphatic carbocycles. The highest BCUT2D eigenvalue weighted by molar-refractivity contribution is 5.87. The molecule has 0 spiro atoms. The highest BCUT2D eigenvalue weighted by atomic mass is 16.7. The fourth-order valence-electron chi connectivity index (χ4n) is 5.87. The predicted molar refractivity (Wildman–Crippen MR) is 146 cm³/mol. The van der Waals surface area contributed by atoms with Gasteiger partial charge in [0.2, 0.25) is 24.1 Å². The Morgan fingerprint density at radius 3 is 1.40 bits per heavy atom. The van der Waals surface area contributed by atoms with E-state index in [0.29, 0.717) is 25.7 Å². The second-order valence-electron chi connectivity index (χ2n) is 10.3. The van der Waals surface area contributed by atoms with Gasteiger partial charge < -0.3 is 28.4 Å². The molecule has 8 nitrogen and oxygen atoms in total. The average molecular weight is 549 g/mol. The molecule has 4 bridgehead atoms. The molecule has 6 aliphatic heterocycles. The van der Waals surface area contributed by atoms with Crippen LogP contribution in [0.1, 0.15) is 48.6 Å². The van der Waals surface area contributed by atoms with E-state index in [4.69, 9.17) is 28.4 Å². The number of rotatable bonds is 4. The van der Waals surface area contributed by atoms with Crippen molar-refractivity contribution in [1.82, 2.24) is 0 Å². The summed E-state index contributed by atoms with van der Waals surface area (Å²) >= 11 is 0. The minimum Gasteiger partial charge on any atom is -0.460 e. The van der Waals surface area contributed by atoms with Crippen LogP contribution < -0.4 is 0 Å². The maximum Gasteiger partial charge on any atom is 0.373 e. The first-order valence-corrected chi connectivity index (χ1v) is 13.9. The van der Waals surface area contributed by atoms with Gasteiger partial charge in [-0.3, -0.25) is 0 Å². The first-order chi connectivity index (χ1) is 19.6.